The van der Waals surface area contributed by atoms with E-state index in [9.17, 15) is 30.4 Å². The van der Waals surface area contributed by atoms with E-state index in [1.54, 1.807) is 0 Å². The average Bonchev–Trinajstić information content (AvgIpc) is 1.83. The van der Waals surface area contributed by atoms with E-state index in [0.717, 1.165) is 0 Å². The standard InChI is InChI=1S/C3HF5O3S.H3N/c4-1(2(5)6)3(7,8)12(9,10)11;/h(H,9,10,11);1H3. The molecule has 10 heteroatoms. The molecule has 0 aliphatic carbocycles. The maximum Gasteiger partial charge on any atom is 0.425 e. The molecule has 4 nitrogen and oxygen atoms in total. The van der Waals surface area contributed by atoms with Crippen molar-refractivity contribution in [2.75, 3.05) is 0 Å². The lowest BCUT2D eigenvalue weighted by Gasteiger charge is -2.08. The molecule has 0 rings (SSSR count). The molecule has 0 heterocycles. The van der Waals surface area contributed by atoms with Crippen LogP contribution in [0.25, 0.3) is 0 Å². The first kappa shape index (κ1) is 14.8. The quantitative estimate of drug-likeness (QED) is 0.557. The van der Waals surface area contributed by atoms with Crippen LogP contribution >= 0.6 is 0 Å². The van der Waals surface area contributed by atoms with Crippen LogP contribution in [0.2, 0.25) is 0 Å². The molecule has 0 radical (unpaired) electrons. The Morgan fingerprint density at radius 3 is 1.54 bits per heavy atom. The fraction of sp³-hybridized carbons (Fsp3) is 0.333. The van der Waals surface area contributed by atoms with Gasteiger partial charge in [-0.2, -0.15) is 30.4 Å². The Labute approximate surface area is 69.4 Å². The summed E-state index contributed by atoms with van der Waals surface area (Å²) in [5.74, 6) is -3.48. The van der Waals surface area contributed by atoms with Gasteiger partial charge in [0.15, 0.2) is 0 Å². The Bertz CT molecular complexity index is 305. The van der Waals surface area contributed by atoms with Crippen molar-refractivity contribution < 1.29 is 34.9 Å². The van der Waals surface area contributed by atoms with Gasteiger partial charge in [0, 0.05) is 0 Å². The second-order valence-electron chi connectivity index (χ2n) is 1.57. The van der Waals surface area contributed by atoms with Crippen LogP contribution in [0.4, 0.5) is 22.0 Å². The molecule has 0 bridgehead atoms. The molecule has 13 heavy (non-hydrogen) atoms. The van der Waals surface area contributed by atoms with Gasteiger partial charge in [-0.15, -0.1) is 0 Å². The normalized spacial score (nSPS) is 11.8. The highest BCUT2D eigenvalue weighted by atomic mass is 32.2. The van der Waals surface area contributed by atoms with Crippen molar-refractivity contribution in [3.63, 3.8) is 0 Å². The van der Waals surface area contributed by atoms with Crippen molar-refractivity contribution in [2.24, 2.45) is 0 Å². The minimum atomic E-state index is -6.19. The second kappa shape index (κ2) is 3.98. The number of rotatable bonds is 2. The minimum absolute atomic E-state index is 0. The van der Waals surface area contributed by atoms with Gasteiger partial charge in [0.25, 0.3) is 5.83 Å². The molecule has 4 N–H and O–H groups in total. The Hall–Kier alpha value is -0.740. The number of alkyl halides is 2. The first-order valence-electron chi connectivity index (χ1n) is 2.16. The van der Waals surface area contributed by atoms with Gasteiger partial charge in [0.05, 0.1) is 0 Å². The van der Waals surface area contributed by atoms with E-state index in [0.29, 0.717) is 0 Å². The summed E-state index contributed by atoms with van der Waals surface area (Å²) in [5.41, 5.74) is 0. The van der Waals surface area contributed by atoms with Crippen molar-refractivity contribution in [1.29, 1.82) is 0 Å². The highest BCUT2D eigenvalue weighted by molar-refractivity contribution is 7.87. The van der Waals surface area contributed by atoms with Crippen molar-refractivity contribution in [1.82, 2.24) is 6.15 Å². The molecule has 0 aromatic carbocycles. The van der Waals surface area contributed by atoms with Crippen LogP contribution in [-0.4, -0.2) is 18.2 Å². The van der Waals surface area contributed by atoms with Crippen molar-refractivity contribution in [3.8, 4) is 0 Å². The third-order valence-corrected chi connectivity index (χ3v) is 1.57. The fourth-order valence-corrected chi connectivity index (χ4v) is 0.527. The molecule has 0 fully saturated rings. The smallest absolute Gasteiger partial charge is 0.344 e. The van der Waals surface area contributed by atoms with Crippen LogP contribution in [0, 0.1) is 0 Å². The molecule has 0 spiro atoms. The summed E-state index contributed by atoms with van der Waals surface area (Å²) < 4.78 is 84.3. The van der Waals surface area contributed by atoms with Crippen LogP contribution in [-0.2, 0) is 10.1 Å². The number of hydrogen-bond acceptors (Lipinski definition) is 3. The van der Waals surface area contributed by atoms with E-state index in [4.69, 9.17) is 4.55 Å². The summed E-state index contributed by atoms with van der Waals surface area (Å²) >= 11 is 0. The molecule has 80 valence electrons. The first-order chi connectivity index (χ1) is 5.10. The van der Waals surface area contributed by atoms with Crippen LogP contribution in [0.15, 0.2) is 11.9 Å². The predicted octanol–water partition coefficient (Wildman–Crippen LogP) is 1.71. The van der Waals surface area contributed by atoms with E-state index in [-0.39, 0.29) is 6.15 Å². The Kier molecular flexibility index (Phi) is 4.52. The lowest BCUT2D eigenvalue weighted by atomic mass is 10.6. The summed E-state index contributed by atoms with van der Waals surface area (Å²) in [6.45, 7) is 0. The largest absolute Gasteiger partial charge is 0.425 e. The summed E-state index contributed by atoms with van der Waals surface area (Å²) in [7, 11) is -6.19. The first-order valence-corrected chi connectivity index (χ1v) is 3.61. The Morgan fingerprint density at radius 1 is 1.15 bits per heavy atom. The van der Waals surface area contributed by atoms with Crippen molar-refractivity contribution in [3.05, 3.63) is 11.9 Å². The number of hydrogen-bond donors (Lipinski definition) is 2. The molecule has 0 atom stereocenters. The summed E-state index contributed by atoms with van der Waals surface area (Å²) in [4.78, 5) is 0. The highest BCUT2D eigenvalue weighted by Crippen LogP contribution is 2.33. The van der Waals surface area contributed by atoms with Gasteiger partial charge in [-0.1, -0.05) is 0 Å². The molecule has 0 unspecified atom stereocenters. The molecule has 0 amide bonds. The zero-order chi connectivity index (χ0) is 10.2. The van der Waals surface area contributed by atoms with Crippen LogP contribution in [0.3, 0.4) is 0 Å². The van der Waals surface area contributed by atoms with Crippen LogP contribution in [0.5, 0.6) is 0 Å². The monoisotopic (exact) mass is 229 g/mol. The SMILES string of the molecule is N.O=S(=O)(O)C(F)(F)C(F)=C(F)F. The third-order valence-electron chi connectivity index (χ3n) is 0.745. The summed E-state index contributed by atoms with van der Waals surface area (Å²) in [5, 5.41) is -5.59. The molecular weight excluding hydrogens is 225 g/mol. The minimum Gasteiger partial charge on any atom is -0.344 e. The zero-order valence-electron chi connectivity index (χ0n) is 5.77. The molecule has 0 saturated heterocycles. The van der Waals surface area contributed by atoms with Crippen molar-refractivity contribution >= 4 is 10.1 Å². The Morgan fingerprint density at radius 2 is 1.46 bits per heavy atom. The summed E-state index contributed by atoms with van der Waals surface area (Å²) in [6, 6.07) is 0. The van der Waals surface area contributed by atoms with Crippen LogP contribution in [0.1, 0.15) is 0 Å². The van der Waals surface area contributed by atoms with Gasteiger partial charge < -0.3 is 6.15 Å². The second-order valence-corrected chi connectivity index (χ2v) is 3.03. The third kappa shape index (κ3) is 2.90. The lowest BCUT2D eigenvalue weighted by Crippen LogP contribution is -2.29. The van der Waals surface area contributed by atoms with Crippen LogP contribution < -0.4 is 6.15 Å². The topological polar surface area (TPSA) is 89.4 Å². The predicted molar refractivity (Wildman–Crippen MR) is 31.9 cm³/mol. The maximum atomic E-state index is 11.8. The van der Waals surface area contributed by atoms with Gasteiger partial charge in [-0.25, -0.2) is 0 Å². The molecule has 0 aromatic rings. The van der Waals surface area contributed by atoms with Gasteiger partial charge in [-0.3, -0.25) is 4.55 Å². The molecule has 0 aliphatic heterocycles. The maximum absolute atomic E-state index is 11.8. The molecule has 0 aromatic heterocycles. The van der Waals surface area contributed by atoms with Gasteiger partial charge in [0.1, 0.15) is 0 Å². The van der Waals surface area contributed by atoms with E-state index >= 15 is 0 Å². The van der Waals surface area contributed by atoms with Gasteiger partial charge >= 0.3 is 21.5 Å². The van der Waals surface area contributed by atoms with Gasteiger partial charge in [-0.05, 0) is 0 Å². The van der Waals surface area contributed by atoms with Crippen molar-refractivity contribution in [2.45, 2.75) is 5.25 Å². The molecular formula is C3H4F5NO3S. The summed E-state index contributed by atoms with van der Waals surface area (Å²) in [6.07, 6.45) is -3.50. The molecule has 0 aliphatic rings. The molecule has 0 saturated carbocycles. The van der Waals surface area contributed by atoms with Gasteiger partial charge in [0.2, 0.25) is 0 Å². The van der Waals surface area contributed by atoms with E-state index < -0.39 is 27.3 Å². The fourth-order valence-electron chi connectivity index (χ4n) is 0.223. The van der Waals surface area contributed by atoms with E-state index in [1.807, 2.05) is 0 Å². The van der Waals surface area contributed by atoms with E-state index in [1.165, 1.54) is 0 Å². The average molecular weight is 229 g/mol. The van der Waals surface area contributed by atoms with E-state index in [2.05, 4.69) is 0 Å². The Balaban J connectivity index is 0. The number of halogens is 5. The highest BCUT2D eigenvalue weighted by Gasteiger charge is 2.51. The lowest BCUT2D eigenvalue weighted by molar-refractivity contribution is 0.0843. The zero-order valence-corrected chi connectivity index (χ0v) is 6.59.